The number of alkyl halides is 3. The van der Waals surface area contributed by atoms with Gasteiger partial charge in [-0.2, -0.15) is 13.2 Å². The molecule has 0 atom stereocenters. The minimum atomic E-state index is -4.10. The Hall–Kier alpha value is -1.41. The molecule has 136 valence electrons. The Labute approximate surface area is 148 Å². The highest BCUT2D eigenvalue weighted by Crippen LogP contribution is 2.39. The van der Waals surface area contributed by atoms with Crippen molar-refractivity contribution in [2.75, 3.05) is 31.5 Å². The molecule has 1 fully saturated rings. The van der Waals surface area contributed by atoms with Crippen molar-refractivity contribution in [1.29, 1.82) is 0 Å². The van der Waals surface area contributed by atoms with E-state index < -0.39 is 12.7 Å². The minimum absolute atomic E-state index is 0.390. The van der Waals surface area contributed by atoms with Gasteiger partial charge in [-0.3, -0.25) is 4.90 Å². The third-order valence-electron chi connectivity index (χ3n) is 5.17. The lowest BCUT2D eigenvalue weighted by Crippen LogP contribution is -2.41. The average Bonchev–Trinajstić information content (AvgIpc) is 3.13. The number of anilines is 1. The summed E-state index contributed by atoms with van der Waals surface area (Å²) in [6.07, 6.45) is 2.50. The van der Waals surface area contributed by atoms with Gasteiger partial charge in [0.05, 0.1) is 11.9 Å². The normalized spacial score (nSPS) is 19.5. The number of nitrogens with one attached hydrogen (secondary N) is 1. The van der Waals surface area contributed by atoms with Crippen molar-refractivity contribution in [3.8, 4) is 0 Å². The molecular formula is C17H21F3N4S. The minimum Gasteiger partial charge on any atom is -0.369 e. The summed E-state index contributed by atoms with van der Waals surface area (Å²) in [7, 11) is 0. The smallest absolute Gasteiger partial charge is 0.369 e. The van der Waals surface area contributed by atoms with Gasteiger partial charge >= 0.3 is 6.18 Å². The van der Waals surface area contributed by atoms with E-state index in [2.05, 4.69) is 15.3 Å². The lowest BCUT2D eigenvalue weighted by atomic mass is 9.96. The number of hydrogen-bond acceptors (Lipinski definition) is 5. The number of fused-ring (bicyclic) bond motifs is 3. The van der Waals surface area contributed by atoms with Crippen LogP contribution in [0.25, 0.3) is 10.2 Å². The number of aromatic nitrogens is 2. The molecule has 2 aliphatic rings. The van der Waals surface area contributed by atoms with Gasteiger partial charge < -0.3 is 5.32 Å². The molecule has 0 amide bonds. The van der Waals surface area contributed by atoms with Crippen LogP contribution < -0.4 is 5.32 Å². The maximum atomic E-state index is 12.5. The lowest BCUT2D eigenvalue weighted by Gasteiger charge is -2.32. The number of piperidine rings is 1. The van der Waals surface area contributed by atoms with Crippen molar-refractivity contribution in [2.24, 2.45) is 5.92 Å². The predicted molar refractivity (Wildman–Crippen MR) is 93.1 cm³/mol. The monoisotopic (exact) mass is 370 g/mol. The molecule has 0 bridgehead atoms. The van der Waals surface area contributed by atoms with Crippen LogP contribution in [0, 0.1) is 5.92 Å². The first kappa shape index (κ1) is 17.0. The first-order chi connectivity index (χ1) is 12.0. The summed E-state index contributed by atoms with van der Waals surface area (Å²) in [6.45, 7) is 0.995. The average molecular weight is 370 g/mol. The second-order valence-electron chi connectivity index (χ2n) is 6.98. The molecular weight excluding hydrogens is 349 g/mol. The molecule has 1 aliphatic carbocycles. The van der Waals surface area contributed by atoms with Crippen LogP contribution in [0.2, 0.25) is 0 Å². The zero-order valence-corrected chi connectivity index (χ0v) is 14.7. The van der Waals surface area contributed by atoms with E-state index in [0.29, 0.717) is 19.0 Å². The number of thiophene rings is 1. The molecule has 1 aliphatic heterocycles. The fourth-order valence-electron chi connectivity index (χ4n) is 3.91. The van der Waals surface area contributed by atoms with E-state index in [9.17, 15) is 13.2 Å². The Bertz CT molecular complexity index is 750. The number of hydrogen-bond donors (Lipinski definition) is 1. The summed E-state index contributed by atoms with van der Waals surface area (Å²) < 4.78 is 37.4. The Balaban J connectivity index is 1.38. The van der Waals surface area contributed by atoms with Crippen molar-refractivity contribution in [3.63, 3.8) is 0 Å². The van der Waals surface area contributed by atoms with Gasteiger partial charge in [-0.1, -0.05) is 0 Å². The van der Waals surface area contributed by atoms with Crippen LogP contribution >= 0.6 is 11.3 Å². The summed E-state index contributed by atoms with van der Waals surface area (Å²) in [4.78, 5) is 12.8. The highest BCUT2D eigenvalue weighted by molar-refractivity contribution is 7.19. The third-order valence-corrected chi connectivity index (χ3v) is 6.37. The van der Waals surface area contributed by atoms with E-state index in [1.54, 1.807) is 17.7 Å². The standard InChI is InChI=1S/C17H21F3N4S/c18-17(19,20)9-24-6-4-11(5-7-24)8-21-15-14-12-2-1-3-13(12)25-16(14)23-10-22-15/h10-11H,1-9H2,(H,21,22,23). The third kappa shape index (κ3) is 3.74. The molecule has 0 saturated carbocycles. The molecule has 8 heteroatoms. The van der Waals surface area contributed by atoms with E-state index in [1.807, 2.05) is 0 Å². The molecule has 4 nitrogen and oxygen atoms in total. The van der Waals surface area contributed by atoms with Crippen molar-refractivity contribution >= 4 is 27.4 Å². The highest BCUT2D eigenvalue weighted by atomic mass is 32.1. The Morgan fingerprint density at radius 3 is 2.76 bits per heavy atom. The predicted octanol–water partition coefficient (Wildman–Crippen LogP) is 3.87. The molecule has 0 unspecified atom stereocenters. The zero-order valence-electron chi connectivity index (χ0n) is 13.9. The molecule has 1 N–H and O–H groups in total. The Morgan fingerprint density at radius 1 is 1.20 bits per heavy atom. The number of aryl methyl sites for hydroxylation is 2. The van der Waals surface area contributed by atoms with E-state index in [-0.39, 0.29) is 0 Å². The van der Waals surface area contributed by atoms with Crippen LogP contribution in [0.5, 0.6) is 0 Å². The van der Waals surface area contributed by atoms with Gasteiger partial charge in [0.1, 0.15) is 17.0 Å². The van der Waals surface area contributed by atoms with Crippen molar-refractivity contribution < 1.29 is 13.2 Å². The summed E-state index contributed by atoms with van der Waals surface area (Å²) in [5.41, 5.74) is 1.39. The second-order valence-corrected chi connectivity index (χ2v) is 8.06. The van der Waals surface area contributed by atoms with Crippen LogP contribution in [-0.4, -0.2) is 47.2 Å². The lowest BCUT2D eigenvalue weighted by molar-refractivity contribution is -0.148. The molecule has 0 radical (unpaired) electrons. The van der Waals surface area contributed by atoms with Crippen LogP contribution in [0.1, 0.15) is 29.7 Å². The Morgan fingerprint density at radius 2 is 2.00 bits per heavy atom. The van der Waals surface area contributed by atoms with Crippen LogP contribution in [0.15, 0.2) is 6.33 Å². The zero-order chi connectivity index (χ0) is 17.4. The van der Waals surface area contributed by atoms with Gasteiger partial charge in [0, 0.05) is 11.4 Å². The van der Waals surface area contributed by atoms with E-state index >= 15 is 0 Å². The van der Waals surface area contributed by atoms with Gasteiger partial charge in [0.2, 0.25) is 0 Å². The topological polar surface area (TPSA) is 41.0 Å². The molecule has 25 heavy (non-hydrogen) atoms. The molecule has 2 aromatic rings. The molecule has 1 saturated heterocycles. The second kappa shape index (κ2) is 6.72. The molecule has 3 heterocycles. The van der Waals surface area contributed by atoms with Crippen LogP contribution in [0.3, 0.4) is 0 Å². The van der Waals surface area contributed by atoms with Crippen molar-refractivity contribution in [2.45, 2.75) is 38.3 Å². The molecule has 0 spiro atoms. The van der Waals surface area contributed by atoms with Gasteiger partial charge in [0.25, 0.3) is 0 Å². The number of halogens is 3. The summed E-state index contributed by atoms with van der Waals surface area (Å²) in [6, 6.07) is 0. The molecule has 2 aromatic heterocycles. The number of nitrogens with zero attached hydrogens (tertiary/aromatic N) is 3. The first-order valence-electron chi connectivity index (χ1n) is 8.78. The van der Waals surface area contributed by atoms with Crippen LogP contribution in [-0.2, 0) is 12.8 Å². The molecule has 4 rings (SSSR count). The first-order valence-corrected chi connectivity index (χ1v) is 9.59. The van der Waals surface area contributed by atoms with Gasteiger partial charge in [-0.15, -0.1) is 11.3 Å². The summed E-state index contributed by atoms with van der Waals surface area (Å²) in [5, 5.41) is 4.61. The maximum Gasteiger partial charge on any atom is 0.401 e. The maximum absolute atomic E-state index is 12.5. The van der Waals surface area contributed by atoms with E-state index in [4.69, 9.17) is 0 Å². The summed E-state index contributed by atoms with van der Waals surface area (Å²) >= 11 is 1.76. The Kier molecular flexibility index (Phi) is 4.58. The number of rotatable bonds is 4. The number of likely N-dealkylation sites (tertiary alicyclic amines) is 1. The van der Waals surface area contributed by atoms with Gasteiger partial charge in [0.15, 0.2) is 0 Å². The fraction of sp³-hybridized carbons (Fsp3) is 0.647. The van der Waals surface area contributed by atoms with Crippen molar-refractivity contribution in [3.05, 3.63) is 16.8 Å². The van der Waals surface area contributed by atoms with E-state index in [1.165, 1.54) is 21.8 Å². The van der Waals surface area contributed by atoms with Crippen molar-refractivity contribution in [1.82, 2.24) is 14.9 Å². The van der Waals surface area contributed by atoms with Crippen LogP contribution in [0.4, 0.5) is 19.0 Å². The summed E-state index contributed by atoms with van der Waals surface area (Å²) in [5.74, 6) is 1.28. The molecule has 0 aromatic carbocycles. The quantitative estimate of drug-likeness (QED) is 0.887. The largest absolute Gasteiger partial charge is 0.401 e. The highest BCUT2D eigenvalue weighted by Gasteiger charge is 2.32. The SMILES string of the molecule is FC(F)(F)CN1CCC(CNc2ncnc3sc4c(c23)CCC4)CC1. The van der Waals surface area contributed by atoms with E-state index in [0.717, 1.165) is 48.3 Å². The fourth-order valence-corrected chi connectivity index (χ4v) is 5.13. The van der Waals surface area contributed by atoms with Gasteiger partial charge in [-0.25, -0.2) is 9.97 Å². The van der Waals surface area contributed by atoms with Gasteiger partial charge in [-0.05, 0) is 56.7 Å².